The van der Waals surface area contributed by atoms with Gasteiger partial charge in [0.15, 0.2) is 0 Å². The summed E-state index contributed by atoms with van der Waals surface area (Å²) in [7, 11) is 1.88. The van der Waals surface area contributed by atoms with E-state index in [1.54, 1.807) is 20.9 Å². The number of carbonyl (C=O) groups is 1. The lowest BCUT2D eigenvalue weighted by Crippen LogP contribution is -2.47. The lowest BCUT2D eigenvalue weighted by atomic mass is 10.1. The zero-order valence-corrected chi connectivity index (χ0v) is 15.3. The van der Waals surface area contributed by atoms with Crippen molar-refractivity contribution in [3.05, 3.63) is 33.5 Å². The van der Waals surface area contributed by atoms with Crippen molar-refractivity contribution in [3.63, 3.8) is 0 Å². The van der Waals surface area contributed by atoms with Crippen LogP contribution >= 0.6 is 11.3 Å². The number of hydrogen-bond acceptors (Lipinski definition) is 5. The number of nitrogens with one attached hydrogen (secondary N) is 1. The molecular formula is C16H23N5O2S. The molecule has 130 valence electrons. The molecule has 0 spiro atoms. The number of thiazole rings is 1. The SMILES string of the molecule is Cc1csc(C2CN(C(=O)NC(C)c3cn(C)nc3C)CCO2)n1. The van der Waals surface area contributed by atoms with Crippen LogP contribution in [0, 0.1) is 13.8 Å². The summed E-state index contributed by atoms with van der Waals surface area (Å²) in [6.45, 7) is 7.53. The number of aryl methyl sites for hydroxylation is 3. The van der Waals surface area contributed by atoms with Gasteiger partial charge >= 0.3 is 6.03 Å². The van der Waals surface area contributed by atoms with E-state index < -0.39 is 0 Å². The van der Waals surface area contributed by atoms with Gasteiger partial charge in [0.25, 0.3) is 0 Å². The molecule has 1 aliphatic heterocycles. The molecule has 0 radical (unpaired) electrons. The summed E-state index contributed by atoms with van der Waals surface area (Å²) in [4.78, 5) is 18.9. The molecule has 1 aliphatic rings. The Morgan fingerprint density at radius 3 is 2.92 bits per heavy atom. The first-order chi connectivity index (χ1) is 11.4. The van der Waals surface area contributed by atoms with Crippen LogP contribution in [0.4, 0.5) is 4.79 Å². The monoisotopic (exact) mass is 349 g/mol. The Hall–Kier alpha value is -1.93. The second kappa shape index (κ2) is 6.90. The number of aromatic nitrogens is 3. The minimum atomic E-state index is -0.140. The molecule has 8 heteroatoms. The molecule has 1 N–H and O–H groups in total. The van der Waals surface area contributed by atoms with E-state index in [1.807, 2.05) is 39.4 Å². The fourth-order valence-corrected chi connectivity index (χ4v) is 3.74. The molecule has 7 nitrogen and oxygen atoms in total. The zero-order chi connectivity index (χ0) is 17.3. The average Bonchev–Trinajstić information content (AvgIpc) is 3.12. The topological polar surface area (TPSA) is 72.3 Å². The summed E-state index contributed by atoms with van der Waals surface area (Å²) in [5, 5.41) is 10.3. The summed E-state index contributed by atoms with van der Waals surface area (Å²) in [5.41, 5.74) is 2.95. The fraction of sp³-hybridized carbons (Fsp3) is 0.562. The standard InChI is InChI=1S/C16H23N5O2S/c1-10-9-24-15(17-10)14-8-21(5-6-23-14)16(22)18-11(2)13-7-20(4)19-12(13)3/h7,9,11,14H,5-6,8H2,1-4H3,(H,18,22). The summed E-state index contributed by atoms with van der Waals surface area (Å²) >= 11 is 1.58. The Morgan fingerprint density at radius 1 is 1.50 bits per heavy atom. The Kier molecular flexibility index (Phi) is 4.86. The van der Waals surface area contributed by atoms with Gasteiger partial charge in [-0.05, 0) is 20.8 Å². The van der Waals surface area contributed by atoms with Crippen LogP contribution in [-0.4, -0.2) is 45.4 Å². The first-order valence-corrected chi connectivity index (χ1v) is 8.91. The van der Waals surface area contributed by atoms with Crippen molar-refractivity contribution in [2.75, 3.05) is 19.7 Å². The largest absolute Gasteiger partial charge is 0.367 e. The van der Waals surface area contributed by atoms with Crippen molar-refractivity contribution < 1.29 is 9.53 Å². The van der Waals surface area contributed by atoms with Gasteiger partial charge in [0, 0.05) is 36.4 Å². The van der Waals surface area contributed by atoms with Crippen molar-refractivity contribution in [2.24, 2.45) is 7.05 Å². The minimum Gasteiger partial charge on any atom is -0.367 e. The van der Waals surface area contributed by atoms with Crippen LogP contribution in [0.2, 0.25) is 0 Å². The molecule has 24 heavy (non-hydrogen) atoms. The summed E-state index contributed by atoms with van der Waals surface area (Å²) < 4.78 is 7.55. The number of nitrogens with zero attached hydrogens (tertiary/aromatic N) is 4. The molecule has 0 aromatic carbocycles. The third kappa shape index (κ3) is 3.59. The molecule has 1 saturated heterocycles. The van der Waals surface area contributed by atoms with E-state index in [4.69, 9.17) is 4.74 Å². The van der Waals surface area contributed by atoms with Gasteiger partial charge in [-0.25, -0.2) is 9.78 Å². The minimum absolute atomic E-state index is 0.0765. The maximum Gasteiger partial charge on any atom is 0.318 e. The van der Waals surface area contributed by atoms with Gasteiger partial charge in [-0.1, -0.05) is 0 Å². The van der Waals surface area contributed by atoms with Crippen LogP contribution in [0.3, 0.4) is 0 Å². The fourth-order valence-electron chi connectivity index (χ4n) is 2.90. The van der Waals surface area contributed by atoms with Gasteiger partial charge in [-0.15, -0.1) is 11.3 Å². The second-order valence-corrected chi connectivity index (χ2v) is 7.04. The van der Waals surface area contributed by atoms with Gasteiger partial charge in [0.2, 0.25) is 0 Å². The lowest BCUT2D eigenvalue weighted by molar-refractivity contribution is -0.0158. The maximum absolute atomic E-state index is 12.6. The van der Waals surface area contributed by atoms with Crippen LogP contribution in [-0.2, 0) is 11.8 Å². The maximum atomic E-state index is 12.6. The van der Waals surface area contributed by atoms with Gasteiger partial charge in [-0.2, -0.15) is 5.10 Å². The Balaban J connectivity index is 1.63. The first-order valence-electron chi connectivity index (χ1n) is 8.03. The molecule has 2 unspecified atom stereocenters. The molecule has 2 atom stereocenters. The van der Waals surface area contributed by atoms with Crippen molar-refractivity contribution in [1.82, 2.24) is 25.0 Å². The van der Waals surface area contributed by atoms with E-state index in [2.05, 4.69) is 15.4 Å². The Bertz CT molecular complexity index is 726. The van der Waals surface area contributed by atoms with Crippen molar-refractivity contribution >= 4 is 17.4 Å². The van der Waals surface area contributed by atoms with Crippen molar-refractivity contribution in [3.8, 4) is 0 Å². The second-order valence-electron chi connectivity index (χ2n) is 6.15. The van der Waals surface area contributed by atoms with Crippen LogP contribution in [0.5, 0.6) is 0 Å². The lowest BCUT2D eigenvalue weighted by Gasteiger charge is -2.32. The number of carbonyl (C=O) groups excluding carboxylic acids is 1. The smallest absolute Gasteiger partial charge is 0.318 e. The van der Waals surface area contributed by atoms with E-state index in [-0.39, 0.29) is 18.2 Å². The number of ether oxygens (including phenoxy) is 1. The first kappa shape index (κ1) is 16.9. The Morgan fingerprint density at radius 2 is 2.29 bits per heavy atom. The molecule has 3 rings (SSSR count). The summed E-state index contributed by atoms with van der Waals surface area (Å²) in [6, 6.07) is -0.165. The highest BCUT2D eigenvalue weighted by Gasteiger charge is 2.28. The van der Waals surface area contributed by atoms with E-state index in [9.17, 15) is 4.79 Å². The number of urea groups is 1. The molecule has 1 fully saturated rings. The molecule has 3 heterocycles. The normalized spacial score (nSPS) is 19.3. The number of rotatable bonds is 3. The van der Waals surface area contributed by atoms with Gasteiger partial charge in [0.05, 0.1) is 24.9 Å². The molecule has 0 aliphatic carbocycles. The summed E-state index contributed by atoms with van der Waals surface area (Å²) in [5.74, 6) is 0. The highest BCUT2D eigenvalue weighted by molar-refractivity contribution is 7.09. The average molecular weight is 349 g/mol. The molecule has 2 amide bonds. The van der Waals surface area contributed by atoms with Gasteiger partial charge in [0.1, 0.15) is 11.1 Å². The van der Waals surface area contributed by atoms with Crippen LogP contribution < -0.4 is 5.32 Å². The van der Waals surface area contributed by atoms with E-state index in [1.165, 1.54) is 0 Å². The van der Waals surface area contributed by atoms with Crippen molar-refractivity contribution in [2.45, 2.75) is 32.9 Å². The van der Waals surface area contributed by atoms with E-state index in [0.29, 0.717) is 19.7 Å². The third-order valence-electron chi connectivity index (χ3n) is 4.12. The Labute approximate surface area is 145 Å². The van der Waals surface area contributed by atoms with Gasteiger partial charge in [-0.3, -0.25) is 4.68 Å². The zero-order valence-electron chi connectivity index (χ0n) is 14.4. The van der Waals surface area contributed by atoms with Crippen LogP contribution in [0.25, 0.3) is 0 Å². The van der Waals surface area contributed by atoms with E-state index >= 15 is 0 Å². The molecule has 0 bridgehead atoms. The summed E-state index contributed by atoms with van der Waals surface area (Å²) in [6.07, 6.45) is 1.81. The van der Waals surface area contributed by atoms with Crippen LogP contribution in [0.1, 0.15) is 41.0 Å². The highest BCUT2D eigenvalue weighted by Crippen LogP contribution is 2.25. The molecular weight excluding hydrogens is 326 g/mol. The number of amides is 2. The molecule has 0 saturated carbocycles. The van der Waals surface area contributed by atoms with Crippen molar-refractivity contribution in [1.29, 1.82) is 0 Å². The predicted molar refractivity (Wildman–Crippen MR) is 92.0 cm³/mol. The quantitative estimate of drug-likeness (QED) is 0.923. The third-order valence-corrected chi connectivity index (χ3v) is 5.18. The van der Waals surface area contributed by atoms with E-state index in [0.717, 1.165) is 22.0 Å². The predicted octanol–water partition coefficient (Wildman–Crippen LogP) is 2.34. The highest BCUT2D eigenvalue weighted by atomic mass is 32.1. The molecule has 2 aromatic rings. The number of morpholine rings is 1. The van der Waals surface area contributed by atoms with Gasteiger partial charge < -0.3 is 15.0 Å². The number of hydrogen-bond donors (Lipinski definition) is 1. The van der Waals surface area contributed by atoms with Crippen LogP contribution in [0.15, 0.2) is 11.6 Å². The molecule has 2 aromatic heterocycles.